The van der Waals surface area contributed by atoms with Crippen molar-refractivity contribution in [2.75, 3.05) is 19.9 Å². The minimum Gasteiger partial charge on any atom is -0.467 e. The highest BCUT2D eigenvalue weighted by Gasteiger charge is 2.27. The van der Waals surface area contributed by atoms with Gasteiger partial charge in [0.2, 0.25) is 0 Å². The molecule has 3 nitrogen and oxygen atoms in total. The molecule has 0 unspecified atom stereocenters. The Labute approximate surface area is 108 Å². The van der Waals surface area contributed by atoms with E-state index in [-0.39, 0.29) is 0 Å². The maximum Gasteiger partial charge on any atom is 0.411 e. The third-order valence-corrected chi connectivity index (χ3v) is 2.39. The van der Waals surface area contributed by atoms with E-state index in [4.69, 9.17) is 22.1 Å². The summed E-state index contributed by atoms with van der Waals surface area (Å²) in [6, 6.07) is 4.91. The summed E-state index contributed by atoms with van der Waals surface area (Å²) in [6.45, 7) is -1.47. The molecule has 102 valence electrons. The molecule has 0 aliphatic carbocycles. The number of hydrogen-bond donors (Lipinski definition) is 1. The summed E-state index contributed by atoms with van der Waals surface area (Å²) in [5.41, 5.74) is 6.08. The summed E-state index contributed by atoms with van der Waals surface area (Å²) in [5.74, 6) is 0.384. The average Bonchev–Trinajstić information content (AvgIpc) is 2.27. The second-order valence-corrected chi connectivity index (χ2v) is 3.89. The van der Waals surface area contributed by atoms with E-state index in [0.717, 1.165) is 0 Å². The Bertz CT molecular complexity index is 385. The predicted octanol–water partition coefficient (Wildman–Crippen LogP) is 2.76. The van der Waals surface area contributed by atoms with Gasteiger partial charge in [-0.15, -0.1) is 0 Å². The van der Waals surface area contributed by atoms with Gasteiger partial charge in [0.15, 0.2) is 6.79 Å². The minimum atomic E-state index is -4.36. The van der Waals surface area contributed by atoms with Crippen LogP contribution in [0, 0.1) is 0 Å². The van der Waals surface area contributed by atoms with Crippen LogP contribution in [0.25, 0.3) is 0 Å². The second-order valence-electron chi connectivity index (χ2n) is 3.48. The summed E-state index contributed by atoms with van der Waals surface area (Å²) in [7, 11) is 0. The molecule has 0 heterocycles. The molecule has 0 bridgehead atoms. The van der Waals surface area contributed by atoms with Crippen molar-refractivity contribution in [3.8, 4) is 5.75 Å². The van der Waals surface area contributed by atoms with Crippen LogP contribution in [0.3, 0.4) is 0 Å². The molecule has 1 aromatic carbocycles. The van der Waals surface area contributed by atoms with Crippen molar-refractivity contribution >= 4 is 11.6 Å². The highest BCUT2D eigenvalue weighted by molar-refractivity contribution is 6.31. The molecule has 7 heteroatoms. The molecular weight excluding hydrogens is 271 g/mol. The molecule has 0 spiro atoms. The van der Waals surface area contributed by atoms with Crippen LogP contribution in [0.15, 0.2) is 18.2 Å². The van der Waals surface area contributed by atoms with E-state index < -0.39 is 19.6 Å². The van der Waals surface area contributed by atoms with Crippen molar-refractivity contribution in [3.05, 3.63) is 28.8 Å². The first-order valence-corrected chi connectivity index (χ1v) is 5.56. The van der Waals surface area contributed by atoms with Gasteiger partial charge < -0.3 is 15.2 Å². The third-order valence-electron chi connectivity index (χ3n) is 2.03. The topological polar surface area (TPSA) is 44.5 Å². The number of nitrogens with two attached hydrogens (primary N) is 1. The van der Waals surface area contributed by atoms with Crippen molar-refractivity contribution in [1.29, 1.82) is 0 Å². The fourth-order valence-electron chi connectivity index (χ4n) is 1.32. The van der Waals surface area contributed by atoms with Crippen LogP contribution in [-0.4, -0.2) is 26.1 Å². The van der Waals surface area contributed by atoms with E-state index in [0.29, 0.717) is 29.3 Å². The number of alkyl halides is 3. The lowest BCUT2D eigenvalue weighted by atomic mass is 10.1. The molecule has 0 saturated carbocycles. The van der Waals surface area contributed by atoms with E-state index in [1.807, 2.05) is 0 Å². The van der Waals surface area contributed by atoms with E-state index in [9.17, 15) is 13.2 Å². The minimum absolute atomic E-state index is 0.365. The lowest BCUT2D eigenvalue weighted by molar-refractivity contribution is -0.186. The van der Waals surface area contributed by atoms with E-state index in [1.165, 1.54) is 0 Å². The Morgan fingerprint density at radius 3 is 2.61 bits per heavy atom. The number of halogens is 4. The Morgan fingerprint density at radius 2 is 2.00 bits per heavy atom. The molecule has 2 N–H and O–H groups in total. The first-order valence-electron chi connectivity index (χ1n) is 5.19. The number of rotatable bonds is 6. The molecule has 1 rings (SSSR count). The Balaban J connectivity index is 2.54. The molecule has 0 fully saturated rings. The molecule has 18 heavy (non-hydrogen) atoms. The van der Waals surface area contributed by atoms with Crippen molar-refractivity contribution in [2.24, 2.45) is 5.73 Å². The van der Waals surface area contributed by atoms with Crippen LogP contribution in [0.4, 0.5) is 13.2 Å². The van der Waals surface area contributed by atoms with Crippen LogP contribution in [0.2, 0.25) is 5.02 Å². The van der Waals surface area contributed by atoms with Crippen molar-refractivity contribution in [1.82, 2.24) is 0 Å². The fourth-order valence-corrected chi connectivity index (χ4v) is 1.58. The van der Waals surface area contributed by atoms with E-state index >= 15 is 0 Å². The van der Waals surface area contributed by atoms with Gasteiger partial charge in [0.1, 0.15) is 12.4 Å². The van der Waals surface area contributed by atoms with Gasteiger partial charge >= 0.3 is 6.18 Å². The van der Waals surface area contributed by atoms with Gasteiger partial charge in [-0.3, -0.25) is 0 Å². The molecule has 1 aromatic rings. The molecular formula is C11H13ClF3NO2. The van der Waals surface area contributed by atoms with Gasteiger partial charge in [0, 0.05) is 10.6 Å². The Kier molecular flexibility index (Phi) is 5.71. The van der Waals surface area contributed by atoms with Gasteiger partial charge in [-0.05, 0) is 25.1 Å². The largest absolute Gasteiger partial charge is 0.467 e. The van der Waals surface area contributed by atoms with Crippen LogP contribution in [-0.2, 0) is 11.2 Å². The molecule has 0 saturated heterocycles. The highest BCUT2D eigenvalue weighted by Crippen LogP contribution is 2.26. The molecule has 0 atom stereocenters. The number of hydrogen-bond acceptors (Lipinski definition) is 3. The van der Waals surface area contributed by atoms with E-state index in [1.54, 1.807) is 18.2 Å². The first-order chi connectivity index (χ1) is 8.44. The molecule has 0 radical (unpaired) electrons. The maximum absolute atomic E-state index is 11.8. The molecule has 0 aliphatic heterocycles. The second kappa shape index (κ2) is 6.82. The average molecular weight is 284 g/mol. The van der Waals surface area contributed by atoms with E-state index in [2.05, 4.69) is 4.74 Å². The van der Waals surface area contributed by atoms with Crippen molar-refractivity contribution < 1.29 is 22.6 Å². The van der Waals surface area contributed by atoms with Crippen LogP contribution >= 0.6 is 11.6 Å². The standard InChI is InChI=1S/C11H13ClF3NO2/c12-9-2-1-3-10(8(9)4-5-16)18-7-17-6-11(13,14)15/h1-3H,4-7,16H2. The SMILES string of the molecule is NCCc1c(Cl)cccc1OCOCC(F)(F)F. The molecule has 0 aliphatic rings. The normalized spacial score (nSPS) is 11.6. The zero-order chi connectivity index (χ0) is 13.6. The third kappa shape index (κ3) is 5.12. The van der Waals surface area contributed by atoms with Crippen LogP contribution in [0.5, 0.6) is 5.75 Å². The van der Waals surface area contributed by atoms with Gasteiger partial charge in [0.25, 0.3) is 0 Å². The van der Waals surface area contributed by atoms with Gasteiger partial charge in [-0.2, -0.15) is 13.2 Å². The van der Waals surface area contributed by atoms with Crippen molar-refractivity contribution in [3.63, 3.8) is 0 Å². The zero-order valence-corrected chi connectivity index (χ0v) is 10.2. The van der Waals surface area contributed by atoms with Crippen molar-refractivity contribution in [2.45, 2.75) is 12.6 Å². The summed E-state index contributed by atoms with van der Waals surface area (Å²) >= 11 is 5.94. The summed E-state index contributed by atoms with van der Waals surface area (Å²) in [6.07, 6.45) is -3.88. The summed E-state index contributed by atoms with van der Waals surface area (Å²) in [4.78, 5) is 0. The number of ether oxygens (including phenoxy) is 2. The fraction of sp³-hybridized carbons (Fsp3) is 0.455. The smallest absolute Gasteiger partial charge is 0.411 e. The molecule has 0 amide bonds. The Morgan fingerprint density at radius 1 is 1.28 bits per heavy atom. The zero-order valence-electron chi connectivity index (χ0n) is 9.47. The van der Waals surface area contributed by atoms with Gasteiger partial charge in [-0.1, -0.05) is 17.7 Å². The maximum atomic E-state index is 11.8. The lowest BCUT2D eigenvalue weighted by Crippen LogP contribution is -2.19. The summed E-state index contributed by atoms with van der Waals surface area (Å²) in [5, 5.41) is 0.466. The quantitative estimate of drug-likeness (QED) is 0.645. The highest BCUT2D eigenvalue weighted by atomic mass is 35.5. The van der Waals surface area contributed by atoms with Crippen LogP contribution < -0.4 is 10.5 Å². The Hall–Kier alpha value is -0.980. The van der Waals surface area contributed by atoms with Gasteiger partial charge in [-0.25, -0.2) is 0 Å². The predicted molar refractivity (Wildman–Crippen MR) is 61.7 cm³/mol. The first kappa shape index (κ1) is 15.1. The van der Waals surface area contributed by atoms with Crippen LogP contribution in [0.1, 0.15) is 5.56 Å². The summed E-state index contributed by atoms with van der Waals surface area (Å²) < 4.78 is 44.9. The molecule has 0 aromatic heterocycles. The lowest BCUT2D eigenvalue weighted by Gasteiger charge is -2.13. The van der Waals surface area contributed by atoms with Gasteiger partial charge in [0.05, 0.1) is 0 Å². The number of benzene rings is 1. The monoisotopic (exact) mass is 283 g/mol.